The first kappa shape index (κ1) is 8.92. The molecule has 0 bridgehead atoms. The van der Waals surface area contributed by atoms with Crippen LogP contribution in [0.2, 0.25) is 0 Å². The Morgan fingerprint density at radius 2 is 2.25 bits per heavy atom. The van der Waals surface area contributed by atoms with Crippen LogP contribution in [0.1, 0.15) is 6.42 Å². The number of carbonyl (C=O) groups excluding carboxylic acids is 1. The van der Waals surface area contributed by atoms with Crippen LogP contribution in [0.5, 0.6) is 0 Å². The van der Waals surface area contributed by atoms with Gasteiger partial charge >= 0.3 is 0 Å². The molecule has 0 saturated carbocycles. The Balaban J connectivity index is 3.32. The maximum Gasteiger partial charge on any atom is 0.235 e. The molecule has 0 aromatic heterocycles. The lowest BCUT2D eigenvalue weighted by atomic mass is 10.4. The first-order chi connectivity index (χ1) is 3.68. The molecule has 0 aliphatic heterocycles. The molecule has 0 fully saturated rings. The highest BCUT2D eigenvalue weighted by Gasteiger charge is 2.09. The van der Waals surface area contributed by atoms with Gasteiger partial charge in [-0.05, 0) is 18.0 Å². The van der Waals surface area contributed by atoms with Crippen LogP contribution in [0.25, 0.3) is 0 Å². The molecule has 0 N–H and O–H groups in total. The summed E-state index contributed by atoms with van der Waals surface area (Å²) in [5.41, 5.74) is 0. The predicted molar refractivity (Wildman–Crippen MR) is 42.0 cm³/mol. The lowest BCUT2D eigenvalue weighted by Crippen LogP contribution is -2.06. The fraction of sp³-hybridized carbons (Fsp3) is 0.750. The minimum Gasteiger partial charge on any atom is -0.280 e. The Bertz CT molecular complexity index is 86.1. The van der Waals surface area contributed by atoms with Crippen molar-refractivity contribution in [1.82, 2.24) is 0 Å². The molecule has 0 radical (unpaired) electrons. The number of hydrogen-bond donors (Lipinski definition) is 0. The van der Waals surface area contributed by atoms with Crippen molar-refractivity contribution in [1.29, 1.82) is 0 Å². The zero-order valence-electron chi connectivity index (χ0n) is 4.03. The Morgan fingerprint density at radius 1 is 1.75 bits per heavy atom. The number of carbonyl (C=O) groups is 1. The molecule has 4 heteroatoms. The first-order valence-corrected chi connectivity index (χ1v) is 4.49. The van der Waals surface area contributed by atoms with Gasteiger partial charge in [0, 0.05) is 5.33 Å². The number of alkyl halides is 2. The molecule has 8 heavy (non-hydrogen) atoms. The topological polar surface area (TPSA) is 17.1 Å². The van der Waals surface area contributed by atoms with E-state index in [9.17, 15) is 4.79 Å². The summed E-state index contributed by atoms with van der Waals surface area (Å²) in [6.45, 7) is 0. The Morgan fingerprint density at radius 3 is 2.38 bits per heavy atom. The largest absolute Gasteiger partial charge is 0.280 e. The van der Waals surface area contributed by atoms with Crippen molar-refractivity contribution in [2.45, 2.75) is 11.2 Å². The van der Waals surface area contributed by atoms with Crippen molar-refractivity contribution in [2.24, 2.45) is 0 Å². The molecule has 0 amide bonds. The Labute approximate surface area is 70.0 Å². The SMILES string of the molecule is O=C(Cl)[C@@H](Br)CCBr. The highest BCUT2D eigenvalue weighted by atomic mass is 79.9. The summed E-state index contributed by atoms with van der Waals surface area (Å²) in [4.78, 5) is 10.0. The van der Waals surface area contributed by atoms with E-state index in [2.05, 4.69) is 31.9 Å². The average Bonchev–Trinajstić information content (AvgIpc) is 1.67. The third kappa shape index (κ3) is 3.87. The number of halogens is 3. The van der Waals surface area contributed by atoms with Gasteiger partial charge in [0.15, 0.2) is 0 Å². The standard InChI is InChI=1S/C4H5Br2ClO/c5-2-1-3(6)4(7)8/h3H,1-2H2/t3-/m0/s1. The molecule has 0 aromatic carbocycles. The minimum absolute atomic E-state index is 0.191. The van der Waals surface area contributed by atoms with Gasteiger partial charge in [-0.2, -0.15) is 0 Å². The number of rotatable bonds is 3. The van der Waals surface area contributed by atoms with Gasteiger partial charge in [-0.3, -0.25) is 4.79 Å². The van der Waals surface area contributed by atoms with E-state index < -0.39 is 0 Å². The van der Waals surface area contributed by atoms with Gasteiger partial charge in [0.25, 0.3) is 0 Å². The maximum atomic E-state index is 10.2. The molecule has 1 atom stereocenters. The van der Waals surface area contributed by atoms with E-state index >= 15 is 0 Å². The van der Waals surface area contributed by atoms with Crippen molar-refractivity contribution in [2.75, 3.05) is 5.33 Å². The summed E-state index contributed by atoms with van der Waals surface area (Å²) in [5.74, 6) is 0. The number of hydrogen-bond acceptors (Lipinski definition) is 1. The first-order valence-electron chi connectivity index (χ1n) is 2.08. The van der Waals surface area contributed by atoms with Crippen LogP contribution in [-0.4, -0.2) is 15.4 Å². The van der Waals surface area contributed by atoms with E-state index in [4.69, 9.17) is 11.6 Å². The fourth-order valence-electron chi connectivity index (χ4n) is 0.209. The molecule has 0 aliphatic rings. The van der Waals surface area contributed by atoms with Crippen LogP contribution >= 0.6 is 43.5 Å². The molecule has 0 rings (SSSR count). The van der Waals surface area contributed by atoms with E-state index in [0.717, 1.165) is 11.8 Å². The molecule has 0 saturated heterocycles. The van der Waals surface area contributed by atoms with Crippen molar-refractivity contribution in [3.63, 3.8) is 0 Å². The van der Waals surface area contributed by atoms with Gasteiger partial charge in [-0.25, -0.2) is 0 Å². The monoisotopic (exact) mass is 262 g/mol. The summed E-state index contributed by atoms with van der Waals surface area (Å²) in [5, 5.41) is 0.464. The minimum atomic E-state index is -0.329. The van der Waals surface area contributed by atoms with Crippen LogP contribution in [0.3, 0.4) is 0 Å². The zero-order valence-corrected chi connectivity index (χ0v) is 7.96. The average molecular weight is 264 g/mol. The van der Waals surface area contributed by atoms with Crippen LogP contribution in [0, 0.1) is 0 Å². The van der Waals surface area contributed by atoms with Gasteiger partial charge in [0.1, 0.15) is 0 Å². The summed E-state index contributed by atoms with van der Waals surface area (Å²) in [6.07, 6.45) is 0.738. The van der Waals surface area contributed by atoms with Gasteiger partial charge in [-0.1, -0.05) is 31.9 Å². The lowest BCUT2D eigenvalue weighted by molar-refractivity contribution is -0.111. The quantitative estimate of drug-likeness (QED) is 0.564. The highest BCUT2D eigenvalue weighted by Crippen LogP contribution is 2.09. The Kier molecular flexibility index (Phi) is 5.31. The molecular formula is C4H5Br2ClO. The van der Waals surface area contributed by atoms with Crippen LogP contribution in [-0.2, 0) is 4.79 Å². The molecule has 48 valence electrons. The van der Waals surface area contributed by atoms with E-state index in [1.54, 1.807) is 0 Å². The highest BCUT2D eigenvalue weighted by molar-refractivity contribution is 9.10. The smallest absolute Gasteiger partial charge is 0.235 e. The van der Waals surface area contributed by atoms with Crippen LogP contribution in [0.4, 0.5) is 0 Å². The summed E-state index contributed by atoms with van der Waals surface area (Å²) < 4.78 is 0. The summed E-state index contributed by atoms with van der Waals surface area (Å²) >= 11 is 11.4. The van der Waals surface area contributed by atoms with Crippen molar-refractivity contribution in [3.8, 4) is 0 Å². The lowest BCUT2D eigenvalue weighted by Gasteiger charge is -1.96. The second-order valence-corrected chi connectivity index (χ2v) is 3.52. The summed E-state index contributed by atoms with van der Waals surface area (Å²) in [7, 11) is 0. The molecule has 0 unspecified atom stereocenters. The maximum absolute atomic E-state index is 10.2. The molecule has 0 aromatic rings. The van der Waals surface area contributed by atoms with Gasteiger partial charge in [0.2, 0.25) is 5.24 Å². The van der Waals surface area contributed by atoms with E-state index in [1.807, 2.05) is 0 Å². The molecule has 1 nitrogen and oxygen atoms in total. The van der Waals surface area contributed by atoms with Gasteiger partial charge < -0.3 is 0 Å². The van der Waals surface area contributed by atoms with E-state index in [-0.39, 0.29) is 10.1 Å². The van der Waals surface area contributed by atoms with Crippen molar-refractivity contribution >= 4 is 48.7 Å². The van der Waals surface area contributed by atoms with Crippen molar-refractivity contribution < 1.29 is 4.79 Å². The third-order valence-corrected chi connectivity index (χ3v) is 2.47. The molecule has 0 aliphatic carbocycles. The van der Waals surface area contributed by atoms with E-state index in [0.29, 0.717) is 0 Å². The summed E-state index contributed by atoms with van der Waals surface area (Å²) in [6, 6.07) is 0. The fourth-order valence-corrected chi connectivity index (χ4v) is 1.62. The molecule has 0 spiro atoms. The normalized spacial score (nSPS) is 13.4. The second-order valence-electron chi connectivity index (χ2n) is 1.25. The van der Waals surface area contributed by atoms with Crippen molar-refractivity contribution in [3.05, 3.63) is 0 Å². The second kappa shape index (κ2) is 4.77. The van der Waals surface area contributed by atoms with E-state index in [1.165, 1.54) is 0 Å². The molecular weight excluding hydrogens is 259 g/mol. The van der Waals surface area contributed by atoms with Gasteiger partial charge in [-0.15, -0.1) is 0 Å². The predicted octanol–water partition coefficient (Wildman–Crippen LogP) is 2.30. The zero-order chi connectivity index (χ0) is 6.57. The third-order valence-electron chi connectivity index (χ3n) is 0.609. The van der Waals surface area contributed by atoms with Crippen LogP contribution < -0.4 is 0 Å². The molecule has 0 heterocycles. The van der Waals surface area contributed by atoms with Crippen LogP contribution in [0.15, 0.2) is 0 Å². The van der Waals surface area contributed by atoms with Gasteiger partial charge in [0.05, 0.1) is 4.83 Å². The Hall–Kier alpha value is 0.920.